The van der Waals surface area contributed by atoms with Gasteiger partial charge in [0.2, 0.25) is 0 Å². The molecular weight excluding hydrogens is 398 g/mol. The maximum absolute atomic E-state index is 13.0. The zero-order valence-electron chi connectivity index (χ0n) is 16.0. The lowest BCUT2D eigenvalue weighted by molar-refractivity contribution is 0.414. The van der Waals surface area contributed by atoms with Crippen LogP contribution in [0.25, 0.3) is 0 Å². The van der Waals surface area contributed by atoms with Crippen molar-refractivity contribution in [1.82, 2.24) is 5.32 Å². The average Bonchev–Trinajstić information content (AvgIpc) is 2.98. The molecule has 2 aromatic rings. The number of methoxy groups -OCH3 is 1. The van der Waals surface area contributed by atoms with Gasteiger partial charge in [-0.15, -0.1) is 0 Å². The predicted molar refractivity (Wildman–Crippen MR) is 109 cm³/mol. The molecular formula is C20H25NO5S2. The van der Waals surface area contributed by atoms with Gasteiger partial charge in [0.25, 0.3) is 0 Å². The normalized spacial score (nSPS) is 21.5. The van der Waals surface area contributed by atoms with E-state index in [2.05, 4.69) is 5.32 Å². The van der Waals surface area contributed by atoms with Gasteiger partial charge in [-0.1, -0.05) is 29.8 Å². The Labute approximate surface area is 166 Å². The van der Waals surface area contributed by atoms with E-state index < -0.39 is 31.0 Å². The predicted octanol–water partition coefficient (Wildman–Crippen LogP) is 1.78. The van der Waals surface area contributed by atoms with Crippen LogP contribution in [0, 0.1) is 6.92 Å². The van der Waals surface area contributed by atoms with Crippen LogP contribution in [0.15, 0.2) is 53.4 Å². The first-order valence-electron chi connectivity index (χ1n) is 9.08. The van der Waals surface area contributed by atoms with Crippen LogP contribution in [-0.2, 0) is 26.1 Å². The first-order chi connectivity index (χ1) is 13.2. The molecule has 0 aromatic heterocycles. The number of nitrogens with one attached hydrogen (secondary N) is 1. The molecule has 1 aliphatic heterocycles. The van der Waals surface area contributed by atoms with Crippen molar-refractivity contribution in [2.75, 3.05) is 25.2 Å². The minimum Gasteiger partial charge on any atom is -0.497 e. The lowest BCUT2D eigenvalue weighted by Crippen LogP contribution is -2.44. The molecule has 1 aliphatic rings. The van der Waals surface area contributed by atoms with E-state index in [9.17, 15) is 16.8 Å². The molecule has 2 atom stereocenters. The van der Waals surface area contributed by atoms with Crippen molar-refractivity contribution in [2.45, 2.75) is 29.5 Å². The number of benzene rings is 2. The lowest BCUT2D eigenvalue weighted by atomic mass is 10.1. The number of hydrogen-bond donors (Lipinski definition) is 1. The van der Waals surface area contributed by atoms with E-state index in [4.69, 9.17) is 4.74 Å². The second-order valence-electron chi connectivity index (χ2n) is 7.13. The largest absolute Gasteiger partial charge is 0.497 e. The van der Waals surface area contributed by atoms with Gasteiger partial charge in [-0.25, -0.2) is 16.8 Å². The van der Waals surface area contributed by atoms with Crippen LogP contribution in [-0.4, -0.2) is 53.3 Å². The molecule has 0 radical (unpaired) electrons. The fourth-order valence-electron chi connectivity index (χ4n) is 3.41. The van der Waals surface area contributed by atoms with Crippen molar-refractivity contribution in [3.63, 3.8) is 0 Å². The number of rotatable bonds is 7. The van der Waals surface area contributed by atoms with Crippen LogP contribution in [0.1, 0.15) is 11.1 Å². The third-order valence-corrected chi connectivity index (χ3v) is 9.19. The summed E-state index contributed by atoms with van der Waals surface area (Å²) >= 11 is 0. The second-order valence-corrected chi connectivity index (χ2v) is 11.5. The molecule has 0 aliphatic carbocycles. The maximum atomic E-state index is 13.0. The fourth-order valence-corrected chi connectivity index (χ4v) is 8.13. The zero-order valence-corrected chi connectivity index (χ0v) is 17.6. The van der Waals surface area contributed by atoms with Gasteiger partial charge in [0, 0.05) is 6.04 Å². The van der Waals surface area contributed by atoms with Crippen LogP contribution in [0.5, 0.6) is 5.75 Å². The molecule has 6 nitrogen and oxygen atoms in total. The molecule has 1 N–H and O–H groups in total. The minimum atomic E-state index is -3.74. The fraction of sp³-hybridized carbons (Fsp3) is 0.400. The topological polar surface area (TPSA) is 89.5 Å². The Morgan fingerprint density at radius 3 is 2.29 bits per heavy atom. The molecule has 0 unspecified atom stereocenters. The number of aryl methyl sites for hydroxylation is 1. The van der Waals surface area contributed by atoms with E-state index in [1.54, 1.807) is 31.4 Å². The Bertz CT molecular complexity index is 1010. The summed E-state index contributed by atoms with van der Waals surface area (Å²) in [4.78, 5) is 0.169. The second kappa shape index (κ2) is 8.23. The Morgan fingerprint density at radius 2 is 1.68 bits per heavy atom. The molecule has 8 heteroatoms. The Hall–Kier alpha value is -1.90. The quantitative estimate of drug-likeness (QED) is 0.730. The number of ether oxygens (including phenoxy) is 1. The molecule has 1 saturated heterocycles. The van der Waals surface area contributed by atoms with Crippen LogP contribution in [0.3, 0.4) is 0 Å². The summed E-state index contributed by atoms with van der Waals surface area (Å²) in [6.07, 6.45) is 0.665. The molecule has 152 valence electrons. The van der Waals surface area contributed by atoms with Crippen molar-refractivity contribution in [2.24, 2.45) is 0 Å². The number of sulfone groups is 2. The van der Waals surface area contributed by atoms with Gasteiger partial charge >= 0.3 is 0 Å². The van der Waals surface area contributed by atoms with Gasteiger partial charge in [-0.05, 0) is 49.7 Å². The Balaban J connectivity index is 1.72. The average molecular weight is 424 g/mol. The van der Waals surface area contributed by atoms with Crippen LogP contribution in [0.2, 0.25) is 0 Å². The third-order valence-electron chi connectivity index (χ3n) is 5.03. The molecule has 28 heavy (non-hydrogen) atoms. The van der Waals surface area contributed by atoms with Crippen LogP contribution < -0.4 is 10.1 Å². The molecule has 0 amide bonds. The van der Waals surface area contributed by atoms with E-state index in [-0.39, 0.29) is 16.4 Å². The number of hydrogen-bond acceptors (Lipinski definition) is 6. The summed E-state index contributed by atoms with van der Waals surface area (Å²) in [6, 6.07) is 13.5. The molecule has 2 aromatic carbocycles. The summed E-state index contributed by atoms with van der Waals surface area (Å²) in [7, 11) is -5.54. The smallest absolute Gasteiger partial charge is 0.183 e. The van der Waals surface area contributed by atoms with Gasteiger partial charge in [-0.3, -0.25) is 0 Å². The highest BCUT2D eigenvalue weighted by molar-refractivity contribution is 7.96. The molecule has 0 bridgehead atoms. The summed E-state index contributed by atoms with van der Waals surface area (Å²) in [5, 5.41) is 2.19. The summed E-state index contributed by atoms with van der Waals surface area (Å²) in [5.74, 6) is 0.261. The van der Waals surface area contributed by atoms with Crippen molar-refractivity contribution in [1.29, 1.82) is 0 Å². The SMILES string of the molecule is COc1ccc(CCN[C@H]2CS(=O)(=O)C[C@@H]2S(=O)(=O)c2ccc(C)cc2)cc1. The highest BCUT2D eigenvalue weighted by atomic mass is 32.2. The maximum Gasteiger partial charge on any atom is 0.183 e. The van der Waals surface area contributed by atoms with E-state index in [0.29, 0.717) is 13.0 Å². The van der Waals surface area contributed by atoms with Gasteiger partial charge < -0.3 is 10.1 Å². The molecule has 1 heterocycles. The minimum absolute atomic E-state index is 0.161. The Kier molecular flexibility index (Phi) is 6.12. The molecule has 0 saturated carbocycles. The Morgan fingerprint density at radius 1 is 1.04 bits per heavy atom. The summed E-state index contributed by atoms with van der Waals surface area (Å²) in [5.41, 5.74) is 2.01. The van der Waals surface area contributed by atoms with E-state index in [1.165, 1.54) is 0 Å². The third kappa shape index (κ3) is 4.74. The molecule has 1 fully saturated rings. The molecule has 3 rings (SSSR count). The zero-order chi connectivity index (χ0) is 20.4. The van der Waals surface area contributed by atoms with E-state index in [0.717, 1.165) is 16.9 Å². The van der Waals surface area contributed by atoms with Crippen molar-refractivity contribution in [3.8, 4) is 5.75 Å². The first-order valence-corrected chi connectivity index (χ1v) is 12.5. The van der Waals surface area contributed by atoms with Crippen LogP contribution in [0.4, 0.5) is 0 Å². The van der Waals surface area contributed by atoms with Crippen molar-refractivity contribution in [3.05, 3.63) is 59.7 Å². The standard InChI is InChI=1S/C20H25NO5S2/c1-15-3-9-18(10-4-15)28(24,25)20-14-27(22,23)13-19(20)21-12-11-16-5-7-17(26-2)8-6-16/h3-10,19-21H,11-14H2,1-2H3/t19-,20-/m0/s1. The van der Waals surface area contributed by atoms with E-state index in [1.807, 2.05) is 31.2 Å². The van der Waals surface area contributed by atoms with Crippen molar-refractivity contribution < 1.29 is 21.6 Å². The lowest BCUT2D eigenvalue weighted by Gasteiger charge is -2.20. The monoisotopic (exact) mass is 423 g/mol. The van der Waals surface area contributed by atoms with Gasteiger partial charge in [0.1, 0.15) is 5.75 Å². The highest BCUT2D eigenvalue weighted by Gasteiger charge is 2.45. The van der Waals surface area contributed by atoms with Gasteiger partial charge in [0.15, 0.2) is 19.7 Å². The van der Waals surface area contributed by atoms with Gasteiger partial charge in [-0.2, -0.15) is 0 Å². The first kappa shape index (κ1) is 20.8. The van der Waals surface area contributed by atoms with E-state index >= 15 is 0 Å². The highest BCUT2D eigenvalue weighted by Crippen LogP contribution is 2.26. The van der Waals surface area contributed by atoms with Gasteiger partial charge in [0.05, 0.1) is 28.8 Å². The molecule has 0 spiro atoms. The van der Waals surface area contributed by atoms with Crippen molar-refractivity contribution >= 4 is 19.7 Å². The summed E-state index contributed by atoms with van der Waals surface area (Å²) in [6.45, 7) is 2.37. The van der Waals surface area contributed by atoms with Crippen LogP contribution >= 0.6 is 0 Å². The summed E-state index contributed by atoms with van der Waals surface area (Å²) < 4.78 is 55.5.